The summed E-state index contributed by atoms with van der Waals surface area (Å²) in [4.78, 5) is 8.62. The van der Waals surface area contributed by atoms with Gasteiger partial charge in [0.15, 0.2) is 0 Å². The largest absolute Gasteiger partial charge is 0.516 e. The minimum absolute atomic E-state index is 0.0516. The van der Waals surface area contributed by atoms with Crippen LogP contribution in [-0.2, 0) is 14.0 Å². The smallest absolute Gasteiger partial charge is 0.398 e. The summed E-state index contributed by atoms with van der Waals surface area (Å²) in [5, 5.41) is 0. The predicted octanol–water partition coefficient (Wildman–Crippen LogP) is 1.67. The van der Waals surface area contributed by atoms with E-state index in [1.54, 1.807) is 0 Å². The maximum atomic E-state index is 8.07. The van der Waals surface area contributed by atoms with E-state index in [4.69, 9.17) is 16.8 Å². The molecule has 0 spiro atoms. The van der Waals surface area contributed by atoms with Crippen molar-refractivity contribution in [2.45, 2.75) is 57.7 Å². The summed E-state index contributed by atoms with van der Waals surface area (Å²) in [6.07, 6.45) is 1.66. The standard InChI is InChI=1S/C15H23BN2O3/c1-14(2)15(3,4)21-16(20-14)13-10-17-9-12(18-13)11-5-7-19-8-6-11/h9-11H,5-8H2,1-4H3/i9D,10D. The van der Waals surface area contributed by atoms with E-state index < -0.39 is 18.3 Å². The lowest BCUT2D eigenvalue weighted by Crippen LogP contribution is -2.41. The Bertz CT molecular complexity index is 591. The first-order chi connectivity index (χ1) is 10.7. The summed E-state index contributed by atoms with van der Waals surface area (Å²) >= 11 is 0. The highest BCUT2D eigenvalue weighted by Crippen LogP contribution is 2.36. The molecule has 3 heterocycles. The zero-order chi connectivity index (χ0) is 16.8. The molecule has 0 aliphatic carbocycles. The third-order valence-corrected chi connectivity index (χ3v) is 4.67. The van der Waals surface area contributed by atoms with Gasteiger partial charge in [-0.25, -0.2) is 0 Å². The first-order valence-electron chi connectivity index (χ1n) is 8.50. The van der Waals surface area contributed by atoms with Crippen LogP contribution in [-0.4, -0.2) is 41.5 Å². The van der Waals surface area contributed by atoms with Crippen LogP contribution >= 0.6 is 0 Å². The van der Waals surface area contributed by atoms with Crippen LogP contribution in [0.2, 0.25) is 0 Å². The zero-order valence-corrected chi connectivity index (χ0v) is 13.1. The summed E-state index contributed by atoms with van der Waals surface area (Å²) in [6, 6.07) is 0. The van der Waals surface area contributed by atoms with E-state index in [-0.39, 0.29) is 18.3 Å². The molecule has 6 heteroatoms. The minimum atomic E-state index is -0.723. The van der Waals surface area contributed by atoms with E-state index in [9.17, 15) is 0 Å². The van der Waals surface area contributed by atoms with E-state index in [2.05, 4.69) is 9.97 Å². The molecule has 1 aromatic rings. The molecule has 0 atom stereocenters. The SMILES string of the molecule is [2H]c1nc([2H])c(C2CCOCC2)nc1B1OC(C)(C)C(C)(C)O1. The zero-order valence-electron chi connectivity index (χ0n) is 15.1. The molecule has 0 aromatic carbocycles. The highest BCUT2D eigenvalue weighted by Gasteiger charge is 2.52. The molecule has 0 saturated carbocycles. The number of rotatable bonds is 2. The molecule has 2 saturated heterocycles. The molecule has 3 rings (SSSR count). The van der Waals surface area contributed by atoms with Crippen molar-refractivity contribution >= 4 is 12.7 Å². The maximum absolute atomic E-state index is 8.07. The molecule has 5 nitrogen and oxygen atoms in total. The molecule has 2 aliphatic rings. The second-order valence-corrected chi connectivity index (χ2v) is 6.69. The van der Waals surface area contributed by atoms with Crippen LogP contribution in [0.5, 0.6) is 0 Å². The molecule has 0 bridgehead atoms. The van der Waals surface area contributed by atoms with E-state index in [0.29, 0.717) is 24.5 Å². The van der Waals surface area contributed by atoms with Gasteiger partial charge in [-0.05, 0) is 40.5 Å². The average Bonchev–Trinajstić information content (AvgIpc) is 2.68. The molecule has 1 aromatic heterocycles. The molecule has 0 amide bonds. The van der Waals surface area contributed by atoms with E-state index in [1.807, 2.05) is 27.7 Å². The molecule has 114 valence electrons. The van der Waals surface area contributed by atoms with Gasteiger partial charge in [0.25, 0.3) is 0 Å². The lowest BCUT2D eigenvalue weighted by molar-refractivity contribution is 0.00578. The van der Waals surface area contributed by atoms with Crippen molar-refractivity contribution < 1.29 is 16.8 Å². The topological polar surface area (TPSA) is 53.5 Å². The highest BCUT2D eigenvalue weighted by atomic mass is 16.7. The van der Waals surface area contributed by atoms with E-state index >= 15 is 0 Å². The van der Waals surface area contributed by atoms with Gasteiger partial charge in [-0.2, -0.15) is 0 Å². The quantitative estimate of drug-likeness (QED) is 0.776. The summed E-state index contributed by atoms with van der Waals surface area (Å²) in [5.74, 6) is 0.144. The lowest BCUT2D eigenvalue weighted by atomic mass is 9.84. The first-order valence-corrected chi connectivity index (χ1v) is 7.50. The van der Waals surface area contributed by atoms with Crippen molar-refractivity contribution in [2.24, 2.45) is 0 Å². The summed E-state index contributed by atoms with van der Waals surface area (Å²) in [7, 11) is -0.723. The number of hydrogen-bond donors (Lipinski definition) is 0. The first kappa shape index (κ1) is 12.6. The number of hydrogen-bond acceptors (Lipinski definition) is 5. The Morgan fingerprint density at radius 1 is 1.14 bits per heavy atom. The fourth-order valence-corrected chi connectivity index (χ4v) is 2.54. The Morgan fingerprint density at radius 3 is 2.38 bits per heavy atom. The van der Waals surface area contributed by atoms with Crippen molar-refractivity contribution in [2.75, 3.05) is 13.2 Å². The Kier molecular flexibility index (Phi) is 3.19. The molecule has 2 fully saturated rings. The molecular weight excluding hydrogens is 267 g/mol. The van der Waals surface area contributed by atoms with Crippen LogP contribution in [0.3, 0.4) is 0 Å². The third kappa shape index (κ3) is 2.85. The summed E-state index contributed by atoms with van der Waals surface area (Å²) in [5.41, 5.74) is -0.00991. The predicted molar refractivity (Wildman–Crippen MR) is 80.5 cm³/mol. The van der Waals surface area contributed by atoms with Gasteiger partial charge < -0.3 is 14.0 Å². The van der Waals surface area contributed by atoms with Gasteiger partial charge in [0.1, 0.15) is 0 Å². The van der Waals surface area contributed by atoms with Gasteiger partial charge >= 0.3 is 7.12 Å². The van der Waals surface area contributed by atoms with Gasteiger partial charge in [-0.1, -0.05) is 0 Å². The lowest BCUT2D eigenvalue weighted by Gasteiger charge is -2.32. The second kappa shape index (κ2) is 5.34. The van der Waals surface area contributed by atoms with Crippen molar-refractivity contribution in [1.82, 2.24) is 9.97 Å². The van der Waals surface area contributed by atoms with Gasteiger partial charge in [0.2, 0.25) is 0 Å². The Balaban J connectivity index is 1.94. The Hall–Kier alpha value is -0.975. The van der Waals surface area contributed by atoms with Crippen molar-refractivity contribution in [3.63, 3.8) is 0 Å². The van der Waals surface area contributed by atoms with Crippen molar-refractivity contribution in [1.29, 1.82) is 0 Å². The molecule has 0 radical (unpaired) electrons. The number of aromatic nitrogens is 2. The highest BCUT2D eigenvalue weighted by molar-refractivity contribution is 6.61. The fraction of sp³-hybridized carbons (Fsp3) is 0.733. The van der Waals surface area contributed by atoms with Crippen LogP contribution in [0.4, 0.5) is 0 Å². The van der Waals surface area contributed by atoms with Crippen LogP contribution < -0.4 is 5.59 Å². The van der Waals surface area contributed by atoms with E-state index in [0.717, 1.165) is 12.8 Å². The van der Waals surface area contributed by atoms with Crippen LogP contribution in [0, 0.1) is 0 Å². The van der Waals surface area contributed by atoms with Gasteiger partial charge in [-0.3, -0.25) is 9.97 Å². The van der Waals surface area contributed by atoms with Crippen LogP contribution in [0.1, 0.15) is 54.9 Å². The fourth-order valence-electron chi connectivity index (χ4n) is 2.54. The molecule has 21 heavy (non-hydrogen) atoms. The molecule has 0 unspecified atom stereocenters. The Labute approximate surface area is 129 Å². The van der Waals surface area contributed by atoms with Crippen molar-refractivity contribution in [3.05, 3.63) is 18.0 Å². The monoisotopic (exact) mass is 292 g/mol. The van der Waals surface area contributed by atoms with Gasteiger partial charge in [0, 0.05) is 31.5 Å². The number of ether oxygens (including phenoxy) is 1. The number of nitrogens with zero attached hydrogens (tertiary/aromatic N) is 2. The van der Waals surface area contributed by atoms with Crippen LogP contribution in [0.15, 0.2) is 12.3 Å². The van der Waals surface area contributed by atoms with E-state index in [1.165, 1.54) is 0 Å². The minimum Gasteiger partial charge on any atom is -0.398 e. The molecular formula is C15H23BN2O3. The Morgan fingerprint density at radius 2 is 1.76 bits per heavy atom. The average molecular weight is 292 g/mol. The molecule has 2 aliphatic heterocycles. The second-order valence-electron chi connectivity index (χ2n) is 6.69. The third-order valence-electron chi connectivity index (χ3n) is 4.67. The molecule has 0 N–H and O–H groups in total. The summed E-state index contributed by atoms with van der Waals surface area (Å²) < 4.78 is 33.5. The van der Waals surface area contributed by atoms with Gasteiger partial charge in [0.05, 0.1) is 25.2 Å². The maximum Gasteiger partial charge on any atom is 0.516 e. The van der Waals surface area contributed by atoms with Gasteiger partial charge in [-0.15, -0.1) is 0 Å². The van der Waals surface area contributed by atoms with Crippen LogP contribution in [0.25, 0.3) is 0 Å². The normalized spacial score (nSPS) is 26.6. The summed E-state index contributed by atoms with van der Waals surface area (Å²) in [6.45, 7) is 9.18. The van der Waals surface area contributed by atoms with Crippen molar-refractivity contribution in [3.8, 4) is 0 Å².